The number of carbonyl (C=O) groups is 1. The van der Waals surface area contributed by atoms with Crippen molar-refractivity contribution in [3.63, 3.8) is 0 Å². The van der Waals surface area contributed by atoms with E-state index in [-0.39, 0.29) is 11.0 Å². The Kier molecular flexibility index (Phi) is 5.35. The summed E-state index contributed by atoms with van der Waals surface area (Å²) < 4.78 is 0. The molecule has 0 saturated heterocycles. The van der Waals surface area contributed by atoms with Crippen molar-refractivity contribution < 1.29 is 4.79 Å². The van der Waals surface area contributed by atoms with Gasteiger partial charge in [-0.15, -0.1) is 0 Å². The lowest BCUT2D eigenvalue weighted by molar-refractivity contribution is 0.0943. The molecule has 3 N–H and O–H groups in total. The minimum absolute atomic E-state index is 0.239. The smallest absolute Gasteiger partial charge is 0.269 e. The summed E-state index contributed by atoms with van der Waals surface area (Å²) >= 11 is 11.0. The monoisotopic (exact) mass is 333 g/mol. The lowest BCUT2D eigenvalue weighted by Gasteiger charge is -2.13. The summed E-state index contributed by atoms with van der Waals surface area (Å²) in [7, 11) is 0. The highest BCUT2D eigenvalue weighted by Crippen LogP contribution is 2.14. The van der Waals surface area contributed by atoms with E-state index in [4.69, 9.17) is 23.8 Å². The van der Waals surface area contributed by atoms with Gasteiger partial charge in [0.25, 0.3) is 5.91 Å². The molecule has 1 amide bonds. The lowest BCUT2D eigenvalue weighted by Crippen LogP contribution is -2.44. The molecule has 0 bridgehead atoms. The van der Waals surface area contributed by atoms with Crippen LogP contribution in [0.15, 0.2) is 42.5 Å². The number of hydrazine groups is 1. The third-order valence-corrected chi connectivity index (χ3v) is 3.45. The summed E-state index contributed by atoms with van der Waals surface area (Å²) in [4.78, 5) is 12.1. The van der Waals surface area contributed by atoms with E-state index < -0.39 is 0 Å². The molecular formula is C16H16ClN3OS. The van der Waals surface area contributed by atoms with Crippen LogP contribution in [0.2, 0.25) is 5.02 Å². The molecule has 0 aliphatic heterocycles. The van der Waals surface area contributed by atoms with E-state index in [0.717, 1.165) is 16.8 Å². The maximum absolute atomic E-state index is 12.1. The van der Waals surface area contributed by atoms with Crippen LogP contribution in [0.3, 0.4) is 0 Å². The van der Waals surface area contributed by atoms with Crippen molar-refractivity contribution in [2.24, 2.45) is 0 Å². The predicted octanol–water partition coefficient (Wildman–Crippen LogP) is 3.59. The Bertz CT molecular complexity index is 718. The van der Waals surface area contributed by atoms with Crippen molar-refractivity contribution in [3.8, 4) is 0 Å². The zero-order valence-corrected chi connectivity index (χ0v) is 13.8. The van der Waals surface area contributed by atoms with Gasteiger partial charge in [-0.1, -0.05) is 35.4 Å². The van der Waals surface area contributed by atoms with Crippen molar-refractivity contribution in [1.82, 2.24) is 10.9 Å². The Morgan fingerprint density at radius 2 is 1.86 bits per heavy atom. The van der Waals surface area contributed by atoms with Gasteiger partial charge in [-0.25, -0.2) is 0 Å². The fraction of sp³-hybridized carbons (Fsp3) is 0.125. The molecule has 4 nitrogen and oxygen atoms in total. The number of hydrogen-bond donors (Lipinski definition) is 3. The first-order valence-electron chi connectivity index (χ1n) is 6.66. The predicted molar refractivity (Wildman–Crippen MR) is 94.2 cm³/mol. The number of rotatable bonds is 2. The van der Waals surface area contributed by atoms with Crippen molar-refractivity contribution in [2.45, 2.75) is 13.8 Å². The number of nitrogens with one attached hydrogen (secondary N) is 3. The van der Waals surface area contributed by atoms with Crippen molar-refractivity contribution in [2.75, 3.05) is 5.32 Å². The first kappa shape index (κ1) is 16.3. The SMILES string of the molecule is Cc1ccc(C)c(C(=O)NNC(=S)Nc2cccc(Cl)c2)c1. The van der Waals surface area contributed by atoms with Gasteiger partial charge in [0, 0.05) is 16.3 Å². The first-order valence-corrected chi connectivity index (χ1v) is 7.44. The fourth-order valence-electron chi connectivity index (χ4n) is 1.89. The van der Waals surface area contributed by atoms with E-state index in [1.165, 1.54) is 0 Å². The summed E-state index contributed by atoms with van der Waals surface area (Å²) in [5, 5.41) is 3.82. The Morgan fingerprint density at radius 3 is 2.59 bits per heavy atom. The highest BCUT2D eigenvalue weighted by molar-refractivity contribution is 7.80. The normalized spacial score (nSPS) is 9.95. The van der Waals surface area contributed by atoms with Crippen LogP contribution in [-0.4, -0.2) is 11.0 Å². The number of benzene rings is 2. The highest BCUT2D eigenvalue weighted by atomic mass is 35.5. The van der Waals surface area contributed by atoms with Gasteiger partial charge in [0.2, 0.25) is 0 Å². The van der Waals surface area contributed by atoms with Crippen molar-refractivity contribution >= 4 is 40.5 Å². The summed E-state index contributed by atoms with van der Waals surface area (Å²) in [5.74, 6) is -0.239. The van der Waals surface area contributed by atoms with E-state index in [9.17, 15) is 4.79 Å². The van der Waals surface area contributed by atoms with Gasteiger partial charge in [-0.3, -0.25) is 15.6 Å². The number of halogens is 1. The van der Waals surface area contributed by atoms with Crippen LogP contribution in [0, 0.1) is 13.8 Å². The molecule has 0 spiro atoms. The molecule has 6 heteroatoms. The summed E-state index contributed by atoms with van der Waals surface area (Å²) in [6.45, 7) is 3.83. The van der Waals surface area contributed by atoms with Crippen LogP contribution in [0.4, 0.5) is 5.69 Å². The standard InChI is InChI=1S/C16H16ClN3OS/c1-10-6-7-11(2)14(8-10)15(21)19-20-16(22)18-13-5-3-4-12(17)9-13/h3-9H,1-2H3,(H,19,21)(H2,18,20,22). The summed E-state index contributed by atoms with van der Waals surface area (Å²) in [5.41, 5.74) is 8.53. The Hall–Kier alpha value is -2.11. The molecule has 22 heavy (non-hydrogen) atoms. The minimum Gasteiger partial charge on any atom is -0.331 e. The van der Waals surface area contributed by atoms with Crippen molar-refractivity contribution in [3.05, 3.63) is 64.2 Å². The molecule has 2 aromatic carbocycles. The fourth-order valence-corrected chi connectivity index (χ4v) is 2.25. The third-order valence-electron chi connectivity index (χ3n) is 3.01. The second-order valence-electron chi connectivity index (χ2n) is 4.86. The molecule has 0 heterocycles. The Labute approximate surface area is 139 Å². The molecular weight excluding hydrogens is 318 g/mol. The van der Waals surface area contributed by atoms with Gasteiger partial charge in [0.05, 0.1) is 0 Å². The van der Waals surface area contributed by atoms with Crippen LogP contribution < -0.4 is 16.2 Å². The van der Waals surface area contributed by atoms with Crippen LogP contribution in [0.1, 0.15) is 21.5 Å². The van der Waals surface area contributed by atoms with Crippen LogP contribution in [0.25, 0.3) is 0 Å². The molecule has 114 valence electrons. The molecule has 0 aromatic heterocycles. The summed E-state index contributed by atoms with van der Waals surface area (Å²) in [6.07, 6.45) is 0. The van der Waals surface area contributed by atoms with Gasteiger partial charge in [-0.2, -0.15) is 0 Å². The van der Waals surface area contributed by atoms with E-state index in [1.807, 2.05) is 44.2 Å². The van der Waals surface area contributed by atoms with E-state index in [1.54, 1.807) is 12.1 Å². The average molecular weight is 334 g/mol. The Balaban J connectivity index is 1.93. The quantitative estimate of drug-likeness (QED) is 0.580. The van der Waals surface area contributed by atoms with Gasteiger partial charge in [0.15, 0.2) is 5.11 Å². The number of anilines is 1. The van der Waals surface area contributed by atoms with Crippen molar-refractivity contribution in [1.29, 1.82) is 0 Å². The first-order chi connectivity index (χ1) is 10.5. The number of thiocarbonyl (C=S) groups is 1. The molecule has 0 saturated carbocycles. The summed E-state index contributed by atoms with van der Waals surface area (Å²) in [6, 6.07) is 12.8. The van der Waals surface area contributed by atoms with Gasteiger partial charge in [-0.05, 0) is 55.9 Å². The molecule has 0 atom stereocenters. The van der Waals surface area contributed by atoms with E-state index in [0.29, 0.717) is 10.6 Å². The maximum atomic E-state index is 12.1. The zero-order chi connectivity index (χ0) is 16.1. The van der Waals surface area contributed by atoms with Crippen LogP contribution >= 0.6 is 23.8 Å². The Morgan fingerprint density at radius 1 is 1.09 bits per heavy atom. The minimum atomic E-state index is -0.239. The molecule has 2 aromatic rings. The number of amides is 1. The third kappa shape index (κ3) is 4.44. The largest absolute Gasteiger partial charge is 0.331 e. The molecule has 0 unspecified atom stereocenters. The second-order valence-corrected chi connectivity index (χ2v) is 5.71. The maximum Gasteiger partial charge on any atom is 0.269 e. The highest BCUT2D eigenvalue weighted by Gasteiger charge is 2.09. The lowest BCUT2D eigenvalue weighted by atomic mass is 10.1. The number of aryl methyl sites for hydroxylation is 2. The molecule has 0 aliphatic rings. The van der Waals surface area contributed by atoms with Gasteiger partial charge >= 0.3 is 0 Å². The number of carbonyl (C=O) groups excluding carboxylic acids is 1. The average Bonchev–Trinajstić information content (AvgIpc) is 2.47. The molecule has 0 fully saturated rings. The van der Waals surface area contributed by atoms with Crippen LogP contribution in [-0.2, 0) is 0 Å². The van der Waals surface area contributed by atoms with Crippen LogP contribution in [0.5, 0.6) is 0 Å². The van der Waals surface area contributed by atoms with E-state index >= 15 is 0 Å². The van der Waals surface area contributed by atoms with Gasteiger partial charge in [0.1, 0.15) is 0 Å². The zero-order valence-electron chi connectivity index (χ0n) is 12.2. The van der Waals surface area contributed by atoms with Gasteiger partial charge < -0.3 is 5.32 Å². The number of hydrogen-bond acceptors (Lipinski definition) is 2. The second kappa shape index (κ2) is 7.24. The molecule has 0 aliphatic carbocycles. The topological polar surface area (TPSA) is 53.2 Å². The molecule has 0 radical (unpaired) electrons. The molecule has 2 rings (SSSR count). The van der Waals surface area contributed by atoms with E-state index in [2.05, 4.69) is 16.2 Å².